The molecule has 1 aliphatic rings. The summed E-state index contributed by atoms with van der Waals surface area (Å²) in [6.07, 6.45) is 1.79. The average Bonchev–Trinajstić information content (AvgIpc) is 3.10. The smallest absolute Gasteiger partial charge is 0.259 e. The quantitative estimate of drug-likeness (QED) is 0.730. The van der Waals surface area contributed by atoms with Gasteiger partial charge in [-0.25, -0.2) is 0 Å². The van der Waals surface area contributed by atoms with Crippen LogP contribution in [0, 0.1) is 6.92 Å². The minimum Gasteiger partial charge on any atom is -0.379 e. The molecule has 0 aliphatic carbocycles. The third-order valence-electron chi connectivity index (χ3n) is 4.33. The highest BCUT2D eigenvalue weighted by molar-refractivity contribution is 5.65. The lowest BCUT2D eigenvalue weighted by atomic mass is 10.0. The fourth-order valence-electron chi connectivity index (χ4n) is 3.00. The number of benzene rings is 1. The van der Waals surface area contributed by atoms with Gasteiger partial charge < -0.3 is 9.26 Å². The Labute approximate surface area is 146 Å². The molecule has 0 saturated carbocycles. The van der Waals surface area contributed by atoms with Crippen LogP contribution in [-0.2, 0) is 11.3 Å². The van der Waals surface area contributed by atoms with Crippen molar-refractivity contribution in [1.82, 2.24) is 20.0 Å². The van der Waals surface area contributed by atoms with Gasteiger partial charge in [0.2, 0.25) is 0 Å². The molecule has 25 heavy (non-hydrogen) atoms. The van der Waals surface area contributed by atoms with Crippen molar-refractivity contribution in [2.45, 2.75) is 13.5 Å². The highest BCUT2D eigenvalue weighted by Crippen LogP contribution is 2.25. The van der Waals surface area contributed by atoms with E-state index in [2.05, 4.69) is 44.3 Å². The van der Waals surface area contributed by atoms with Gasteiger partial charge in [0, 0.05) is 31.4 Å². The number of aromatic nitrogens is 3. The third kappa shape index (κ3) is 3.60. The highest BCUT2D eigenvalue weighted by Gasteiger charge is 2.14. The van der Waals surface area contributed by atoms with E-state index in [4.69, 9.17) is 9.26 Å². The van der Waals surface area contributed by atoms with Gasteiger partial charge >= 0.3 is 0 Å². The van der Waals surface area contributed by atoms with Gasteiger partial charge in [-0.15, -0.1) is 0 Å². The molecule has 0 bridgehead atoms. The topological polar surface area (TPSA) is 64.3 Å². The maximum Gasteiger partial charge on any atom is 0.259 e. The van der Waals surface area contributed by atoms with Crippen molar-refractivity contribution in [1.29, 1.82) is 0 Å². The monoisotopic (exact) mass is 336 g/mol. The van der Waals surface area contributed by atoms with Gasteiger partial charge in [0.1, 0.15) is 0 Å². The van der Waals surface area contributed by atoms with Crippen molar-refractivity contribution >= 4 is 0 Å². The second kappa shape index (κ2) is 7.13. The molecule has 1 fully saturated rings. The molecule has 0 N–H and O–H groups in total. The van der Waals surface area contributed by atoms with Crippen molar-refractivity contribution in [3.8, 4) is 22.7 Å². The first-order valence-electron chi connectivity index (χ1n) is 8.45. The summed E-state index contributed by atoms with van der Waals surface area (Å²) in [5.41, 5.74) is 4.21. The molecule has 0 amide bonds. The average molecular weight is 336 g/mol. The number of aryl methyl sites for hydroxylation is 1. The largest absolute Gasteiger partial charge is 0.379 e. The molecule has 6 nitrogen and oxygen atoms in total. The zero-order chi connectivity index (χ0) is 17.1. The minimum absolute atomic E-state index is 0.498. The van der Waals surface area contributed by atoms with Gasteiger partial charge in [-0.1, -0.05) is 29.4 Å². The van der Waals surface area contributed by atoms with E-state index in [-0.39, 0.29) is 0 Å². The zero-order valence-electron chi connectivity index (χ0n) is 14.2. The normalized spacial score (nSPS) is 15.4. The third-order valence-corrected chi connectivity index (χ3v) is 4.33. The van der Waals surface area contributed by atoms with Gasteiger partial charge in [0.15, 0.2) is 5.82 Å². The summed E-state index contributed by atoms with van der Waals surface area (Å²) >= 11 is 0. The first-order valence-corrected chi connectivity index (χ1v) is 8.45. The Morgan fingerprint density at radius 2 is 1.92 bits per heavy atom. The maximum absolute atomic E-state index is 5.44. The zero-order valence-corrected chi connectivity index (χ0v) is 14.2. The lowest BCUT2D eigenvalue weighted by Crippen LogP contribution is -2.35. The maximum atomic E-state index is 5.44. The van der Waals surface area contributed by atoms with E-state index in [1.54, 1.807) is 13.1 Å². The van der Waals surface area contributed by atoms with Crippen LogP contribution in [0.2, 0.25) is 0 Å². The van der Waals surface area contributed by atoms with Crippen LogP contribution in [0.25, 0.3) is 22.7 Å². The molecule has 128 valence electrons. The van der Waals surface area contributed by atoms with Crippen LogP contribution in [0.1, 0.15) is 11.4 Å². The summed E-state index contributed by atoms with van der Waals surface area (Å²) < 4.78 is 10.6. The molecular formula is C19H20N4O2. The Morgan fingerprint density at radius 3 is 2.64 bits per heavy atom. The molecular weight excluding hydrogens is 316 g/mol. The predicted octanol–water partition coefficient (Wildman–Crippen LogP) is 2.94. The summed E-state index contributed by atoms with van der Waals surface area (Å²) in [4.78, 5) is 11.3. The molecule has 3 aromatic rings. The molecule has 4 rings (SSSR count). The highest BCUT2D eigenvalue weighted by atomic mass is 16.5. The Bertz CT molecular complexity index is 839. The standard InChI is InChI=1S/C19H20N4O2/c1-14-21-19(25-22-14)15-6-7-18(20-12-15)17-5-3-2-4-16(17)13-23-8-10-24-11-9-23/h2-7,12H,8-11,13H2,1H3. The second-order valence-corrected chi connectivity index (χ2v) is 6.12. The molecule has 0 spiro atoms. The van der Waals surface area contributed by atoms with E-state index in [0.29, 0.717) is 11.7 Å². The molecule has 0 atom stereocenters. The molecule has 3 heterocycles. The second-order valence-electron chi connectivity index (χ2n) is 6.12. The molecule has 1 aromatic carbocycles. The van der Waals surface area contributed by atoms with E-state index in [9.17, 15) is 0 Å². The van der Waals surface area contributed by atoms with Crippen LogP contribution in [0.3, 0.4) is 0 Å². The summed E-state index contributed by atoms with van der Waals surface area (Å²) in [6.45, 7) is 6.26. The van der Waals surface area contributed by atoms with Gasteiger partial charge in [-0.3, -0.25) is 9.88 Å². The number of hydrogen-bond acceptors (Lipinski definition) is 6. The van der Waals surface area contributed by atoms with E-state index in [0.717, 1.165) is 49.7 Å². The Morgan fingerprint density at radius 1 is 1.08 bits per heavy atom. The van der Waals surface area contributed by atoms with E-state index < -0.39 is 0 Å². The number of pyridine rings is 1. The van der Waals surface area contributed by atoms with Gasteiger partial charge in [-0.05, 0) is 24.6 Å². The van der Waals surface area contributed by atoms with Crippen LogP contribution < -0.4 is 0 Å². The first-order chi connectivity index (χ1) is 12.3. The van der Waals surface area contributed by atoms with Crippen molar-refractivity contribution in [3.63, 3.8) is 0 Å². The van der Waals surface area contributed by atoms with Crippen molar-refractivity contribution in [2.24, 2.45) is 0 Å². The van der Waals surface area contributed by atoms with Crippen LogP contribution in [0.15, 0.2) is 47.1 Å². The lowest BCUT2D eigenvalue weighted by molar-refractivity contribution is 0.0342. The van der Waals surface area contributed by atoms with Gasteiger partial charge in [0.25, 0.3) is 5.89 Å². The Kier molecular flexibility index (Phi) is 4.54. The number of nitrogens with zero attached hydrogens (tertiary/aromatic N) is 4. The molecule has 0 unspecified atom stereocenters. The SMILES string of the molecule is Cc1noc(-c2ccc(-c3ccccc3CN3CCOCC3)nc2)n1. The van der Waals surface area contributed by atoms with E-state index >= 15 is 0 Å². The van der Waals surface area contributed by atoms with E-state index in [1.165, 1.54) is 5.56 Å². The number of hydrogen-bond donors (Lipinski definition) is 0. The molecule has 6 heteroatoms. The fraction of sp³-hybridized carbons (Fsp3) is 0.316. The number of ether oxygens (including phenoxy) is 1. The molecule has 1 saturated heterocycles. The summed E-state index contributed by atoms with van der Waals surface area (Å²) in [5.74, 6) is 1.12. The van der Waals surface area contributed by atoms with Crippen LogP contribution in [0.5, 0.6) is 0 Å². The van der Waals surface area contributed by atoms with Crippen molar-refractivity contribution in [3.05, 3.63) is 54.0 Å². The summed E-state index contributed by atoms with van der Waals surface area (Å²) in [5, 5.41) is 3.82. The Hall–Kier alpha value is -2.57. The number of morpholine rings is 1. The van der Waals surface area contributed by atoms with Crippen LogP contribution in [0.4, 0.5) is 0 Å². The van der Waals surface area contributed by atoms with Crippen molar-refractivity contribution < 1.29 is 9.26 Å². The fourth-order valence-corrected chi connectivity index (χ4v) is 3.00. The van der Waals surface area contributed by atoms with Gasteiger partial charge in [0.05, 0.1) is 24.5 Å². The summed E-state index contributed by atoms with van der Waals surface area (Å²) in [7, 11) is 0. The number of rotatable bonds is 4. The molecule has 2 aromatic heterocycles. The summed E-state index contributed by atoms with van der Waals surface area (Å²) in [6, 6.07) is 12.4. The van der Waals surface area contributed by atoms with Crippen LogP contribution >= 0.6 is 0 Å². The Balaban J connectivity index is 1.59. The minimum atomic E-state index is 0.498. The lowest BCUT2D eigenvalue weighted by Gasteiger charge is -2.27. The van der Waals surface area contributed by atoms with Crippen LogP contribution in [-0.4, -0.2) is 46.3 Å². The molecule has 0 radical (unpaired) electrons. The van der Waals surface area contributed by atoms with Gasteiger partial charge in [-0.2, -0.15) is 4.98 Å². The van der Waals surface area contributed by atoms with Crippen molar-refractivity contribution in [2.75, 3.05) is 26.3 Å². The molecule has 1 aliphatic heterocycles. The first kappa shape index (κ1) is 15.9. The van der Waals surface area contributed by atoms with E-state index in [1.807, 2.05) is 12.1 Å². The predicted molar refractivity (Wildman–Crippen MR) is 93.8 cm³/mol.